The van der Waals surface area contributed by atoms with E-state index in [1.54, 1.807) is 18.2 Å². The molecular formula is C19H25F3N2O2. The quantitative estimate of drug-likeness (QED) is 0.526. The van der Waals surface area contributed by atoms with Crippen molar-refractivity contribution < 1.29 is 22.7 Å². The van der Waals surface area contributed by atoms with Gasteiger partial charge in [-0.15, -0.1) is 0 Å². The summed E-state index contributed by atoms with van der Waals surface area (Å²) in [4.78, 5) is 16.0. The van der Waals surface area contributed by atoms with Crippen molar-refractivity contribution in [3.8, 4) is 0 Å². The van der Waals surface area contributed by atoms with Crippen molar-refractivity contribution in [1.29, 1.82) is 0 Å². The molecule has 4 nitrogen and oxygen atoms in total. The monoisotopic (exact) mass is 370 g/mol. The second-order valence-corrected chi connectivity index (χ2v) is 6.47. The van der Waals surface area contributed by atoms with Gasteiger partial charge in [-0.2, -0.15) is 13.2 Å². The van der Waals surface area contributed by atoms with E-state index in [-0.39, 0.29) is 5.69 Å². The summed E-state index contributed by atoms with van der Waals surface area (Å²) in [6, 6.07) is 5.82. The van der Waals surface area contributed by atoms with Gasteiger partial charge in [0.15, 0.2) is 0 Å². The Labute approximate surface area is 151 Å². The van der Waals surface area contributed by atoms with E-state index in [1.807, 2.05) is 0 Å². The van der Waals surface area contributed by atoms with E-state index in [2.05, 4.69) is 22.0 Å². The molecule has 0 fully saturated rings. The van der Waals surface area contributed by atoms with E-state index in [0.29, 0.717) is 12.1 Å². The zero-order chi connectivity index (χ0) is 19.2. The van der Waals surface area contributed by atoms with Crippen LogP contribution in [0.25, 0.3) is 0 Å². The number of hydrogen-bond donors (Lipinski definition) is 1. The number of ether oxygens (including phenoxy) is 1. The number of para-hydroxylation sites is 2. The molecule has 0 aromatic heterocycles. The number of alkyl halides is 3. The molecule has 7 heteroatoms. The molecule has 0 bridgehead atoms. The third-order valence-electron chi connectivity index (χ3n) is 4.55. The third kappa shape index (κ3) is 4.99. The molecule has 1 aliphatic heterocycles. The Balaban J connectivity index is 2.34. The second kappa shape index (κ2) is 9.05. The number of carbonyl (C=O) groups excluding carboxylic acids is 1. The number of esters is 1. The van der Waals surface area contributed by atoms with E-state index in [1.165, 1.54) is 6.07 Å². The van der Waals surface area contributed by atoms with Crippen LogP contribution in [0.2, 0.25) is 0 Å². The minimum atomic E-state index is -4.71. The van der Waals surface area contributed by atoms with E-state index in [4.69, 9.17) is 0 Å². The van der Waals surface area contributed by atoms with Gasteiger partial charge in [0, 0.05) is 6.04 Å². The van der Waals surface area contributed by atoms with Gasteiger partial charge in [-0.3, -0.25) is 4.79 Å². The number of anilines is 1. The van der Waals surface area contributed by atoms with Crippen LogP contribution in [0.4, 0.5) is 24.5 Å². The Kier molecular flexibility index (Phi) is 7.06. The minimum absolute atomic E-state index is 0.183. The summed E-state index contributed by atoms with van der Waals surface area (Å²) in [6.07, 6.45) is 0.591. The maximum Gasteiger partial charge on any atom is 0.430 e. The van der Waals surface area contributed by atoms with Crippen LogP contribution in [0, 0.1) is 5.92 Å². The highest BCUT2D eigenvalue weighted by Gasteiger charge is 2.48. The molecule has 26 heavy (non-hydrogen) atoms. The molecule has 0 amide bonds. The number of halogens is 3. The number of nitrogens with one attached hydrogen (secondary N) is 1. The number of hydrogen-bond acceptors (Lipinski definition) is 4. The first-order valence-electron chi connectivity index (χ1n) is 8.97. The summed E-state index contributed by atoms with van der Waals surface area (Å²) in [5.41, 5.74) is -0.415. The fraction of sp³-hybridized carbons (Fsp3) is 0.579. The fourth-order valence-electron chi connectivity index (χ4n) is 3.22. The lowest BCUT2D eigenvalue weighted by Crippen LogP contribution is -2.45. The highest BCUT2D eigenvalue weighted by atomic mass is 19.4. The van der Waals surface area contributed by atoms with Crippen LogP contribution in [0.5, 0.6) is 0 Å². The van der Waals surface area contributed by atoms with Crippen molar-refractivity contribution in [3.05, 3.63) is 24.3 Å². The highest BCUT2D eigenvalue weighted by molar-refractivity contribution is 6.08. The van der Waals surface area contributed by atoms with Crippen LogP contribution in [-0.4, -0.2) is 31.0 Å². The number of rotatable bonds is 7. The van der Waals surface area contributed by atoms with Gasteiger partial charge in [-0.25, -0.2) is 4.99 Å². The lowest BCUT2D eigenvalue weighted by molar-refractivity contribution is -0.145. The van der Waals surface area contributed by atoms with E-state index >= 15 is 0 Å². The number of aliphatic imine (C=N–C) groups is 1. The molecule has 1 aromatic rings. The molecule has 0 radical (unpaired) electrons. The molecule has 1 aliphatic rings. The van der Waals surface area contributed by atoms with Crippen molar-refractivity contribution in [2.24, 2.45) is 10.9 Å². The lowest BCUT2D eigenvalue weighted by Gasteiger charge is -2.27. The van der Waals surface area contributed by atoms with E-state index in [0.717, 1.165) is 39.2 Å². The maximum absolute atomic E-state index is 13.7. The molecule has 0 aliphatic carbocycles. The van der Waals surface area contributed by atoms with Crippen LogP contribution >= 0.6 is 0 Å². The van der Waals surface area contributed by atoms with Crippen LogP contribution < -0.4 is 5.32 Å². The molecule has 0 saturated carbocycles. The van der Waals surface area contributed by atoms with Gasteiger partial charge in [-0.1, -0.05) is 51.2 Å². The summed E-state index contributed by atoms with van der Waals surface area (Å²) in [6.45, 7) is 2.10. The molecule has 0 spiro atoms. The number of benzene rings is 1. The Morgan fingerprint density at radius 1 is 1.19 bits per heavy atom. The molecule has 2 rings (SSSR count). The van der Waals surface area contributed by atoms with Crippen LogP contribution in [0.15, 0.2) is 29.3 Å². The molecule has 1 N–H and O–H groups in total. The summed E-state index contributed by atoms with van der Waals surface area (Å²) < 4.78 is 45.7. The van der Waals surface area contributed by atoms with Crippen LogP contribution in [0.3, 0.4) is 0 Å². The number of nitrogens with zero attached hydrogens (tertiary/aromatic N) is 1. The Bertz CT molecular complexity index is 644. The molecule has 2 atom stereocenters. The second-order valence-electron chi connectivity index (χ2n) is 6.47. The first-order valence-corrected chi connectivity index (χ1v) is 8.97. The van der Waals surface area contributed by atoms with Crippen LogP contribution in [0.1, 0.15) is 45.4 Å². The van der Waals surface area contributed by atoms with Gasteiger partial charge < -0.3 is 10.1 Å². The standard InChI is InChI=1S/C19H25F3N2O2/c1-3-4-5-6-7-12-15-16(18(25)26-2)17(19(20,21)22)24-14-11-9-8-10-13(14)23-15/h8-11,15-16,23H,3-7,12H2,1-2H3. The van der Waals surface area contributed by atoms with E-state index < -0.39 is 29.8 Å². The predicted molar refractivity (Wildman–Crippen MR) is 95.9 cm³/mol. The van der Waals surface area contributed by atoms with Gasteiger partial charge in [-0.05, 0) is 18.6 Å². The average Bonchev–Trinajstić information content (AvgIpc) is 2.77. The lowest BCUT2D eigenvalue weighted by atomic mass is 9.89. The number of fused-ring (bicyclic) bond motifs is 1. The third-order valence-corrected chi connectivity index (χ3v) is 4.55. The predicted octanol–water partition coefficient (Wildman–Crippen LogP) is 5.27. The zero-order valence-corrected chi connectivity index (χ0v) is 15.1. The van der Waals surface area contributed by atoms with Gasteiger partial charge in [0.05, 0.1) is 18.5 Å². The van der Waals surface area contributed by atoms with Crippen LogP contribution in [-0.2, 0) is 9.53 Å². The van der Waals surface area contributed by atoms with Crippen molar-refractivity contribution in [2.75, 3.05) is 12.4 Å². The minimum Gasteiger partial charge on any atom is -0.468 e. The Morgan fingerprint density at radius 3 is 2.54 bits per heavy atom. The largest absolute Gasteiger partial charge is 0.468 e. The molecular weight excluding hydrogens is 345 g/mol. The average molecular weight is 370 g/mol. The molecule has 144 valence electrons. The van der Waals surface area contributed by atoms with Gasteiger partial charge >= 0.3 is 12.1 Å². The number of unbranched alkanes of at least 4 members (excludes halogenated alkanes) is 4. The zero-order valence-electron chi connectivity index (χ0n) is 15.1. The summed E-state index contributed by atoms with van der Waals surface area (Å²) in [5.74, 6) is -2.40. The van der Waals surface area contributed by atoms with Crippen molar-refractivity contribution >= 4 is 23.1 Å². The van der Waals surface area contributed by atoms with Crippen molar-refractivity contribution in [2.45, 2.75) is 57.7 Å². The Morgan fingerprint density at radius 2 is 1.88 bits per heavy atom. The highest BCUT2D eigenvalue weighted by Crippen LogP contribution is 2.37. The molecule has 1 aromatic carbocycles. The van der Waals surface area contributed by atoms with Gasteiger partial charge in [0.1, 0.15) is 11.6 Å². The van der Waals surface area contributed by atoms with Crippen molar-refractivity contribution in [1.82, 2.24) is 0 Å². The van der Waals surface area contributed by atoms with Crippen molar-refractivity contribution in [3.63, 3.8) is 0 Å². The maximum atomic E-state index is 13.7. The fourth-order valence-corrected chi connectivity index (χ4v) is 3.22. The molecule has 0 saturated heterocycles. The first kappa shape index (κ1) is 20.3. The summed E-state index contributed by atoms with van der Waals surface area (Å²) >= 11 is 0. The normalized spacial score (nSPS) is 19.8. The first-order chi connectivity index (χ1) is 12.4. The SMILES string of the molecule is CCCCCCCC1Nc2ccccc2N=C(C(F)(F)F)C1C(=O)OC. The molecule has 2 unspecified atom stereocenters. The number of carbonyl (C=O) groups is 1. The summed E-state index contributed by atoms with van der Waals surface area (Å²) in [5, 5.41) is 3.10. The summed E-state index contributed by atoms with van der Waals surface area (Å²) in [7, 11) is 1.10. The van der Waals surface area contributed by atoms with Gasteiger partial charge in [0.25, 0.3) is 0 Å². The Hall–Kier alpha value is -2.05. The van der Waals surface area contributed by atoms with E-state index in [9.17, 15) is 18.0 Å². The molecule has 1 heterocycles. The topological polar surface area (TPSA) is 50.7 Å². The number of methoxy groups -OCH3 is 1. The van der Waals surface area contributed by atoms with Gasteiger partial charge in [0.2, 0.25) is 0 Å². The smallest absolute Gasteiger partial charge is 0.430 e.